The van der Waals surface area contributed by atoms with Crippen LogP contribution in [0.3, 0.4) is 0 Å². The molecule has 0 saturated carbocycles. The summed E-state index contributed by atoms with van der Waals surface area (Å²) in [4.78, 5) is 12.4. The van der Waals surface area contributed by atoms with Crippen molar-refractivity contribution < 1.29 is 4.79 Å². The lowest BCUT2D eigenvalue weighted by molar-refractivity contribution is 0.103. The van der Waals surface area contributed by atoms with E-state index in [9.17, 15) is 4.79 Å². The third-order valence-electron chi connectivity index (χ3n) is 3.54. The molecule has 2 rings (SSSR count). The van der Waals surface area contributed by atoms with Crippen molar-refractivity contribution in [2.75, 3.05) is 5.73 Å². The Labute approximate surface area is 128 Å². The van der Waals surface area contributed by atoms with E-state index in [-0.39, 0.29) is 5.78 Å². The van der Waals surface area contributed by atoms with Crippen LogP contribution in [-0.2, 0) is 0 Å². The van der Waals surface area contributed by atoms with E-state index in [1.54, 1.807) is 18.2 Å². The smallest absolute Gasteiger partial charge is 0.193 e. The first kappa shape index (κ1) is 14.8. The fraction of sp³-hybridized carbons (Fsp3) is 0.235. The average Bonchev–Trinajstić information content (AvgIpc) is 2.45. The second-order valence-corrected chi connectivity index (χ2v) is 5.95. The van der Waals surface area contributed by atoms with Gasteiger partial charge in [-0.25, -0.2) is 0 Å². The molecule has 0 aliphatic heterocycles. The lowest BCUT2D eigenvalue weighted by atomic mass is 9.95. The largest absolute Gasteiger partial charge is 0.399 e. The van der Waals surface area contributed by atoms with Gasteiger partial charge in [-0.2, -0.15) is 0 Å². The van der Waals surface area contributed by atoms with Gasteiger partial charge in [0.15, 0.2) is 5.78 Å². The quantitative estimate of drug-likeness (QED) is 0.647. The van der Waals surface area contributed by atoms with Crippen LogP contribution in [0, 0.1) is 0 Å². The second-order valence-electron chi connectivity index (χ2n) is 5.03. The fourth-order valence-electron chi connectivity index (χ4n) is 2.11. The Balaban J connectivity index is 2.29. The van der Waals surface area contributed by atoms with E-state index in [2.05, 4.69) is 29.8 Å². The molecule has 104 valence electrons. The number of nitrogen functional groups attached to an aromatic ring is 1. The van der Waals surface area contributed by atoms with Gasteiger partial charge in [0.2, 0.25) is 0 Å². The molecule has 0 saturated heterocycles. The van der Waals surface area contributed by atoms with E-state index in [1.807, 2.05) is 24.3 Å². The van der Waals surface area contributed by atoms with Gasteiger partial charge in [0.05, 0.1) is 0 Å². The highest BCUT2D eigenvalue weighted by Gasteiger charge is 2.11. The van der Waals surface area contributed by atoms with Gasteiger partial charge in [0.1, 0.15) is 0 Å². The molecule has 0 aliphatic carbocycles. The summed E-state index contributed by atoms with van der Waals surface area (Å²) in [7, 11) is 0. The summed E-state index contributed by atoms with van der Waals surface area (Å²) in [5, 5.41) is 0. The van der Waals surface area contributed by atoms with Gasteiger partial charge in [-0.05, 0) is 36.1 Å². The van der Waals surface area contributed by atoms with E-state index in [4.69, 9.17) is 5.73 Å². The maximum absolute atomic E-state index is 12.4. The van der Waals surface area contributed by atoms with Crippen molar-refractivity contribution in [2.24, 2.45) is 0 Å². The Bertz CT molecular complexity index is 599. The molecule has 0 fully saturated rings. The summed E-state index contributed by atoms with van der Waals surface area (Å²) in [6.45, 7) is 4.35. The molecule has 0 aliphatic rings. The Hall–Kier alpha value is -1.61. The van der Waals surface area contributed by atoms with E-state index < -0.39 is 0 Å². The van der Waals surface area contributed by atoms with Gasteiger partial charge in [-0.1, -0.05) is 54.0 Å². The van der Waals surface area contributed by atoms with Crippen molar-refractivity contribution in [1.82, 2.24) is 0 Å². The number of anilines is 1. The summed E-state index contributed by atoms with van der Waals surface area (Å²) >= 11 is 3.36. The Morgan fingerprint density at radius 3 is 2.35 bits per heavy atom. The molecule has 0 aromatic heterocycles. The zero-order valence-electron chi connectivity index (χ0n) is 11.7. The van der Waals surface area contributed by atoms with Crippen LogP contribution in [0.1, 0.15) is 47.7 Å². The molecule has 3 heteroatoms. The van der Waals surface area contributed by atoms with Gasteiger partial charge in [-0.15, -0.1) is 0 Å². The van der Waals surface area contributed by atoms with Crippen molar-refractivity contribution in [3.05, 3.63) is 63.6 Å². The molecular formula is C17H18BrNO. The number of carbonyl (C=O) groups is 1. The monoisotopic (exact) mass is 331 g/mol. The predicted molar refractivity (Wildman–Crippen MR) is 87.1 cm³/mol. The van der Waals surface area contributed by atoms with Gasteiger partial charge in [-0.3, -0.25) is 4.79 Å². The van der Waals surface area contributed by atoms with E-state index in [1.165, 1.54) is 5.56 Å². The summed E-state index contributed by atoms with van der Waals surface area (Å²) in [6, 6.07) is 13.1. The zero-order chi connectivity index (χ0) is 14.7. The van der Waals surface area contributed by atoms with Crippen molar-refractivity contribution in [1.29, 1.82) is 0 Å². The molecule has 0 bridgehead atoms. The molecule has 0 spiro atoms. The molecular weight excluding hydrogens is 314 g/mol. The highest BCUT2D eigenvalue weighted by molar-refractivity contribution is 9.10. The van der Waals surface area contributed by atoms with Crippen molar-refractivity contribution in [3.63, 3.8) is 0 Å². The normalized spacial score (nSPS) is 12.2. The number of halogens is 1. The highest BCUT2D eigenvalue weighted by Crippen LogP contribution is 2.22. The Kier molecular flexibility index (Phi) is 4.61. The van der Waals surface area contributed by atoms with E-state index in [0.29, 0.717) is 22.7 Å². The van der Waals surface area contributed by atoms with Crippen LogP contribution in [0.4, 0.5) is 5.69 Å². The average molecular weight is 332 g/mol. The van der Waals surface area contributed by atoms with Crippen LogP contribution >= 0.6 is 15.9 Å². The van der Waals surface area contributed by atoms with E-state index >= 15 is 0 Å². The molecule has 1 unspecified atom stereocenters. The summed E-state index contributed by atoms with van der Waals surface area (Å²) < 4.78 is 0.817. The summed E-state index contributed by atoms with van der Waals surface area (Å²) in [5.41, 5.74) is 8.91. The molecule has 20 heavy (non-hydrogen) atoms. The first-order chi connectivity index (χ1) is 9.51. The second kappa shape index (κ2) is 6.23. The molecule has 0 radical (unpaired) electrons. The number of hydrogen-bond acceptors (Lipinski definition) is 2. The minimum Gasteiger partial charge on any atom is -0.399 e. The molecule has 2 N–H and O–H groups in total. The third-order valence-corrected chi connectivity index (χ3v) is 3.99. The first-order valence-corrected chi connectivity index (χ1v) is 7.51. The number of nitrogens with two attached hydrogens (primary N) is 1. The first-order valence-electron chi connectivity index (χ1n) is 6.72. The lowest BCUT2D eigenvalue weighted by Crippen LogP contribution is -2.03. The third kappa shape index (κ3) is 3.28. The minimum absolute atomic E-state index is 0.00583. The standard InChI is InChI=1S/C17H18BrNO/c1-3-11(2)12-4-6-13(7-5-12)17(20)14-8-15(18)10-16(19)9-14/h4-11H,3,19H2,1-2H3. The number of ketones is 1. The Morgan fingerprint density at radius 2 is 1.80 bits per heavy atom. The van der Waals surface area contributed by atoms with Crippen LogP contribution in [0.25, 0.3) is 0 Å². The van der Waals surface area contributed by atoms with Crippen LogP contribution in [0.15, 0.2) is 46.9 Å². The number of rotatable bonds is 4. The number of hydrogen-bond donors (Lipinski definition) is 1. The summed E-state index contributed by atoms with van der Waals surface area (Å²) in [6.07, 6.45) is 1.09. The van der Waals surface area contributed by atoms with Crippen LogP contribution < -0.4 is 5.73 Å². The number of carbonyl (C=O) groups excluding carboxylic acids is 1. The fourth-order valence-corrected chi connectivity index (χ4v) is 2.62. The van der Waals surface area contributed by atoms with Gasteiger partial charge in [0.25, 0.3) is 0 Å². The molecule has 2 nitrogen and oxygen atoms in total. The van der Waals surface area contributed by atoms with Gasteiger partial charge >= 0.3 is 0 Å². The molecule has 1 atom stereocenters. The van der Waals surface area contributed by atoms with Gasteiger partial charge < -0.3 is 5.73 Å². The van der Waals surface area contributed by atoms with Gasteiger partial charge in [0, 0.05) is 21.3 Å². The topological polar surface area (TPSA) is 43.1 Å². The maximum Gasteiger partial charge on any atom is 0.193 e. The number of benzene rings is 2. The Morgan fingerprint density at radius 1 is 1.15 bits per heavy atom. The van der Waals surface area contributed by atoms with Crippen molar-refractivity contribution in [3.8, 4) is 0 Å². The predicted octanol–water partition coefficient (Wildman–Crippen LogP) is 4.78. The maximum atomic E-state index is 12.4. The SMILES string of the molecule is CCC(C)c1ccc(C(=O)c2cc(N)cc(Br)c2)cc1. The zero-order valence-corrected chi connectivity index (χ0v) is 13.3. The minimum atomic E-state index is -0.00583. The molecule has 0 amide bonds. The van der Waals surface area contributed by atoms with Crippen LogP contribution in [-0.4, -0.2) is 5.78 Å². The van der Waals surface area contributed by atoms with Crippen LogP contribution in [0.5, 0.6) is 0 Å². The van der Waals surface area contributed by atoms with Crippen LogP contribution in [0.2, 0.25) is 0 Å². The highest BCUT2D eigenvalue weighted by atomic mass is 79.9. The lowest BCUT2D eigenvalue weighted by Gasteiger charge is -2.09. The summed E-state index contributed by atoms with van der Waals surface area (Å²) in [5.74, 6) is 0.509. The van der Waals surface area contributed by atoms with Crippen molar-refractivity contribution in [2.45, 2.75) is 26.2 Å². The van der Waals surface area contributed by atoms with E-state index in [0.717, 1.165) is 10.9 Å². The molecule has 2 aromatic carbocycles. The van der Waals surface area contributed by atoms with Crippen molar-refractivity contribution >= 4 is 27.4 Å². The molecule has 0 heterocycles. The molecule has 2 aromatic rings.